The number of aromatic nitrogens is 1. The minimum atomic E-state index is -0.453. The molecule has 3 nitrogen and oxygen atoms in total. The van der Waals surface area contributed by atoms with E-state index in [2.05, 4.69) is 4.98 Å². The highest BCUT2D eigenvalue weighted by atomic mass is 19.1. The zero-order valence-electron chi connectivity index (χ0n) is 9.74. The molecule has 0 radical (unpaired) electrons. The van der Waals surface area contributed by atoms with Crippen LogP contribution in [0.4, 0.5) is 4.39 Å². The fourth-order valence-electron chi connectivity index (χ4n) is 2.49. The van der Waals surface area contributed by atoms with Crippen molar-refractivity contribution in [2.75, 3.05) is 0 Å². The lowest BCUT2D eigenvalue weighted by atomic mass is 10.1. The van der Waals surface area contributed by atoms with E-state index >= 15 is 0 Å². The van der Waals surface area contributed by atoms with Crippen LogP contribution in [0.2, 0.25) is 0 Å². The Hall–Kier alpha value is -2.62. The molecule has 0 saturated heterocycles. The summed E-state index contributed by atoms with van der Waals surface area (Å²) in [4.78, 5) is 15.2. The molecule has 0 fully saturated rings. The van der Waals surface area contributed by atoms with Crippen LogP contribution in [-0.4, -0.2) is 4.98 Å². The van der Waals surface area contributed by atoms with Gasteiger partial charge in [0.2, 0.25) is 0 Å². The van der Waals surface area contributed by atoms with Gasteiger partial charge in [0.05, 0.1) is 10.9 Å². The Morgan fingerprint density at radius 2 is 1.89 bits per heavy atom. The van der Waals surface area contributed by atoms with Crippen LogP contribution in [0.5, 0.6) is 0 Å². The standard InChI is InChI=1S/C15H8FNO2/c16-8-5-6-11-10(7-8)13-14(17-11)9-3-1-2-4-12(9)19-15(13)18/h1-7,17H. The van der Waals surface area contributed by atoms with Crippen molar-refractivity contribution in [2.24, 2.45) is 0 Å². The van der Waals surface area contributed by atoms with Crippen molar-refractivity contribution >= 4 is 32.8 Å². The zero-order valence-corrected chi connectivity index (χ0v) is 9.74. The first-order valence-electron chi connectivity index (χ1n) is 5.87. The van der Waals surface area contributed by atoms with Gasteiger partial charge in [0.15, 0.2) is 0 Å². The van der Waals surface area contributed by atoms with Gasteiger partial charge < -0.3 is 9.40 Å². The van der Waals surface area contributed by atoms with Crippen molar-refractivity contribution < 1.29 is 8.81 Å². The van der Waals surface area contributed by atoms with Crippen LogP contribution in [0.25, 0.3) is 32.8 Å². The summed E-state index contributed by atoms with van der Waals surface area (Å²) in [6.45, 7) is 0. The minimum Gasteiger partial charge on any atom is -0.422 e. The summed E-state index contributed by atoms with van der Waals surface area (Å²) in [5.74, 6) is -0.374. The molecule has 0 aliphatic carbocycles. The Kier molecular flexibility index (Phi) is 1.87. The van der Waals surface area contributed by atoms with E-state index in [1.165, 1.54) is 12.1 Å². The van der Waals surface area contributed by atoms with Crippen molar-refractivity contribution in [1.29, 1.82) is 0 Å². The number of para-hydroxylation sites is 1. The molecule has 0 amide bonds. The number of aromatic amines is 1. The van der Waals surface area contributed by atoms with Gasteiger partial charge in [-0.2, -0.15) is 0 Å². The molecule has 0 spiro atoms. The summed E-state index contributed by atoms with van der Waals surface area (Å²) >= 11 is 0. The monoisotopic (exact) mass is 253 g/mol. The second kappa shape index (κ2) is 3.45. The van der Waals surface area contributed by atoms with Crippen molar-refractivity contribution in [3.8, 4) is 0 Å². The van der Waals surface area contributed by atoms with Crippen LogP contribution in [0.3, 0.4) is 0 Å². The normalized spacial score (nSPS) is 11.6. The van der Waals surface area contributed by atoms with Gasteiger partial charge in [0, 0.05) is 16.3 Å². The van der Waals surface area contributed by atoms with Crippen molar-refractivity contribution in [1.82, 2.24) is 4.98 Å². The second-order valence-electron chi connectivity index (χ2n) is 4.45. The Bertz CT molecular complexity index is 997. The highest BCUT2D eigenvalue weighted by Crippen LogP contribution is 2.28. The Balaban J connectivity index is 2.38. The summed E-state index contributed by atoms with van der Waals surface area (Å²) in [6.07, 6.45) is 0. The molecular weight excluding hydrogens is 245 g/mol. The first-order valence-corrected chi connectivity index (χ1v) is 5.87. The topological polar surface area (TPSA) is 46.0 Å². The first kappa shape index (κ1) is 10.3. The van der Waals surface area contributed by atoms with Gasteiger partial charge >= 0.3 is 5.63 Å². The third-order valence-electron chi connectivity index (χ3n) is 3.32. The van der Waals surface area contributed by atoms with E-state index in [1.807, 2.05) is 12.1 Å². The second-order valence-corrected chi connectivity index (χ2v) is 4.45. The van der Waals surface area contributed by atoms with E-state index in [0.717, 1.165) is 10.9 Å². The quantitative estimate of drug-likeness (QED) is 0.487. The summed E-state index contributed by atoms with van der Waals surface area (Å²) < 4.78 is 18.6. The number of rotatable bonds is 0. The molecular formula is C15H8FNO2. The molecule has 0 bridgehead atoms. The number of benzene rings is 2. The summed E-state index contributed by atoms with van der Waals surface area (Å²) in [7, 11) is 0. The average Bonchev–Trinajstić information content (AvgIpc) is 2.78. The fraction of sp³-hybridized carbons (Fsp3) is 0. The zero-order chi connectivity index (χ0) is 13.0. The number of nitrogens with one attached hydrogen (secondary N) is 1. The maximum absolute atomic E-state index is 13.3. The van der Waals surface area contributed by atoms with Gasteiger partial charge in [-0.05, 0) is 30.3 Å². The maximum Gasteiger partial charge on any atom is 0.346 e. The molecule has 0 saturated carbocycles. The number of halogens is 1. The van der Waals surface area contributed by atoms with Crippen LogP contribution >= 0.6 is 0 Å². The smallest absolute Gasteiger partial charge is 0.346 e. The van der Waals surface area contributed by atoms with Gasteiger partial charge in [-0.3, -0.25) is 0 Å². The van der Waals surface area contributed by atoms with E-state index < -0.39 is 5.63 Å². The number of fused-ring (bicyclic) bond motifs is 5. The van der Waals surface area contributed by atoms with Gasteiger partial charge in [-0.15, -0.1) is 0 Å². The predicted molar refractivity (Wildman–Crippen MR) is 71.8 cm³/mol. The van der Waals surface area contributed by atoms with Crippen LogP contribution in [0, 0.1) is 5.82 Å². The van der Waals surface area contributed by atoms with Gasteiger partial charge in [-0.1, -0.05) is 12.1 Å². The highest BCUT2D eigenvalue weighted by Gasteiger charge is 2.13. The van der Waals surface area contributed by atoms with Crippen LogP contribution in [0.1, 0.15) is 0 Å². The third-order valence-corrected chi connectivity index (χ3v) is 3.32. The van der Waals surface area contributed by atoms with E-state index in [-0.39, 0.29) is 5.82 Å². The maximum atomic E-state index is 13.3. The van der Waals surface area contributed by atoms with Gasteiger partial charge in [-0.25, -0.2) is 9.18 Å². The largest absolute Gasteiger partial charge is 0.422 e. The fourth-order valence-corrected chi connectivity index (χ4v) is 2.49. The van der Waals surface area contributed by atoms with Crippen molar-refractivity contribution in [2.45, 2.75) is 0 Å². The molecule has 0 atom stereocenters. The molecule has 4 rings (SSSR count). The summed E-state index contributed by atoms with van der Waals surface area (Å²) in [5.41, 5.74) is 1.48. The highest BCUT2D eigenvalue weighted by molar-refractivity contribution is 6.14. The number of hydrogen-bond donors (Lipinski definition) is 1. The first-order chi connectivity index (χ1) is 9.24. The molecule has 2 aromatic carbocycles. The van der Waals surface area contributed by atoms with Crippen LogP contribution in [-0.2, 0) is 0 Å². The third kappa shape index (κ3) is 1.34. The molecule has 4 aromatic rings. The molecule has 19 heavy (non-hydrogen) atoms. The van der Waals surface area contributed by atoms with Crippen molar-refractivity contribution in [3.05, 3.63) is 58.7 Å². The Morgan fingerprint density at radius 1 is 1.05 bits per heavy atom. The Labute approximate surface area is 106 Å². The van der Waals surface area contributed by atoms with E-state index in [1.54, 1.807) is 18.2 Å². The minimum absolute atomic E-state index is 0.374. The molecule has 0 aliphatic heterocycles. The van der Waals surface area contributed by atoms with Crippen LogP contribution in [0.15, 0.2) is 51.7 Å². The molecule has 0 unspecified atom stereocenters. The molecule has 2 heterocycles. The molecule has 1 N–H and O–H groups in total. The predicted octanol–water partition coefficient (Wildman–Crippen LogP) is 3.57. The van der Waals surface area contributed by atoms with E-state index in [0.29, 0.717) is 21.9 Å². The molecule has 92 valence electrons. The lowest BCUT2D eigenvalue weighted by Crippen LogP contribution is -1.98. The SMILES string of the molecule is O=c1oc2ccccc2c2[nH]c3ccc(F)cc3c12. The molecule has 2 aromatic heterocycles. The summed E-state index contributed by atoms with van der Waals surface area (Å²) in [6, 6.07) is 11.6. The summed E-state index contributed by atoms with van der Waals surface area (Å²) in [5, 5.41) is 1.76. The molecule has 4 heteroatoms. The molecule has 0 aliphatic rings. The average molecular weight is 253 g/mol. The van der Waals surface area contributed by atoms with E-state index in [4.69, 9.17) is 4.42 Å². The lowest BCUT2D eigenvalue weighted by molar-refractivity contribution is 0.570. The Morgan fingerprint density at radius 3 is 2.79 bits per heavy atom. The lowest BCUT2D eigenvalue weighted by Gasteiger charge is -1.97. The number of H-pyrrole nitrogens is 1. The van der Waals surface area contributed by atoms with Gasteiger partial charge in [0.1, 0.15) is 11.4 Å². The van der Waals surface area contributed by atoms with Gasteiger partial charge in [0.25, 0.3) is 0 Å². The van der Waals surface area contributed by atoms with E-state index in [9.17, 15) is 9.18 Å². The van der Waals surface area contributed by atoms with Crippen molar-refractivity contribution in [3.63, 3.8) is 0 Å². The van der Waals surface area contributed by atoms with Crippen LogP contribution < -0.4 is 5.63 Å². The number of hydrogen-bond acceptors (Lipinski definition) is 2.